The number of fused-ring (bicyclic) bond motifs is 3. The molecule has 5 nitrogen and oxygen atoms in total. The number of nitrogens with zero attached hydrogens (tertiary/aromatic N) is 2. The zero-order valence-electron chi connectivity index (χ0n) is 14.2. The summed E-state index contributed by atoms with van der Waals surface area (Å²) in [5.41, 5.74) is -0.787. The van der Waals surface area contributed by atoms with E-state index in [9.17, 15) is 26.4 Å². The van der Waals surface area contributed by atoms with Gasteiger partial charge in [-0.15, -0.1) is 11.3 Å². The van der Waals surface area contributed by atoms with E-state index in [4.69, 9.17) is 11.6 Å². The third-order valence-corrected chi connectivity index (χ3v) is 8.81. The minimum atomic E-state index is -4.60. The molecule has 2 aliphatic heterocycles. The zero-order chi connectivity index (χ0) is 20.3. The highest BCUT2D eigenvalue weighted by atomic mass is 35.5. The number of Topliss-reactive ketones (excluding diaryl/α,β-unsaturated/α-hetero) is 1. The molecule has 0 spiro atoms. The lowest BCUT2D eigenvalue weighted by Crippen LogP contribution is -2.56. The predicted molar refractivity (Wildman–Crippen MR) is 96.5 cm³/mol. The number of ketones is 1. The van der Waals surface area contributed by atoms with Gasteiger partial charge in [-0.2, -0.15) is 17.5 Å². The lowest BCUT2D eigenvalue weighted by Gasteiger charge is -2.49. The summed E-state index contributed by atoms with van der Waals surface area (Å²) in [4.78, 5) is 15.9. The largest absolute Gasteiger partial charge is 0.433 e. The number of alkyl halides is 3. The molecule has 1 saturated carbocycles. The Hall–Kier alpha value is -1.49. The highest BCUT2D eigenvalue weighted by Gasteiger charge is 2.52. The van der Waals surface area contributed by atoms with Crippen LogP contribution in [0.25, 0.3) is 0 Å². The van der Waals surface area contributed by atoms with Crippen LogP contribution in [0.3, 0.4) is 0 Å². The van der Waals surface area contributed by atoms with E-state index in [1.54, 1.807) is 0 Å². The number of halogens is 4. The van der Waals surface area contributed by atoms with Crippen molar-refractivity contribution in [2.45, 2.75) is 41.7 Å². The van der Waals surface area contributed by atoms with Crippen LogP contribution in [0.1, 0.15) is 36.6 Å². The van der Waals surface area contributed by atoms with Gasteiger partial charge in [0.2, 0.25) is 0 Å². The molecule has 2 saturated heterocycles. The first-order chi connectivity index (χ1) is 13.1. The van der Waals surface area contributed by atoms with Crippen molar-refractivity contribution in [1.82, 2.24) is 9.29 Å². The highest BCUT2D eigenvalue weighted by molar-refractivity contribution is 7.91. The average Bonchev–Trinajstić information content (AvgIpc) is 3.08. The fourth-order valence-corrected chi connectivity index (χ4v) is 7.44. The third-order valence-electron chi connectivity index (χ3n) is 5.18. The van der Waals surface area contributed by atoms with Gasteiger partial charge in [0.15, 0.2) is 0 Å². The Kier molecular flexibility index (Phi) is 4.80. The molecular formula is C17H14ClF3N2O3S2. The standard InChI is InChI=1S/C17H14ClF3N2O3S2/c18-14-5-6-15(27-14)28(25,26)23-10-2-3-11(12(24)7-10)16(23)9-1-4-13(22-8-9)17(19,20)21/h1,4-6,8,10-11,16H,2-3,7H2/t10-,11+,16+/m0/s1. The summed E-state index contributed by atoms with van der Waals surface area (Å²) in [7, 11) is -3.97. The molecule has 2 aromatic rings. The second-order valence-corrected chi connectivity index (χ2v) is 10.6. The monoisotopic (exact) mass is 450 g/mol. The van der Waals surface area contributed by atoms with Gasteiger partial charge in [0, 0.05) is 24.6 Å². The van der Waals surface area contributed by atoms with Gasteiger partial charge in [0.05, 0.1) is 10.4 Å². The smallest absolute Gasteiger partial charge is 0.299 e. The van der Waals surface area contributed by atoms with Crippen molar-refractivity contribution in [1.29, 1.82) is 0 Å². The molecule has 0 aromatic carbocycles. The van der Waals surface area contributed by atoms with E-state index in [2.05, 4.69) is 4.98 Å². The zero-order valence-corrected chi connectivity index (χ0v) is 16.6. The van der Waals surface area contributed by atoms with Crippen LogP contribution in [-0.2, 0) is 21.0 Å². The first-order valence-electron chi connectivity index (χ1n) is 8.44. The Morgan fingerprint density at radius 2 is 1.93 bits per heavy atom. The molecule has 3 aliphatic rings. The number of pyridine rings is 1. The number of hydrogen-bond acceptors (Lipinski definition) is 5. The van der Waals surface area contributed by atoms with Crippen LogP contribution >= 0.6 is 22.9 Å². The summed E-state index contributed by atoms with van der Waals surface area (Å²) in [6, 6.07) is 3.49. The van der Waals surface area contributed by atoms with Crippen molar-refractivity contribution in [3.8, 4) is 0 Å². The summed E-state index contributed by atoms with van der Waals surface area (Å²) in [6.45, 7) is 0. The molecule has 3 fully saturated rings. The Morgan fingerprint density at radius 3 is 2.46 bits per heavy atom. The van der Waals surface area contributed by atoms with E-state index in [-0.39, 0.29) is 22.0 Å². The molecule has 150 valence electrons. The number of aromatic nitrogens is 1. The molecule has 28 heavy (non-hydrogen) atoms. The molecule has 2 bridgehead atoms. The van der Waals surface area contributed by atoms with Crippen LogP contribution in [0.2, 0.25) is 4.34 Å². The minimum absolute atomic E-state index is 0.0439. The topological polar surface area (TPSA) is 67.3 Å². The van der Waals surface area contributed by atoms with E-state index in [1.807, 2.05) is 0 Å². The van der Waals surface area contributed by atoms with E-state index in [1.165, 1.54) is 22.5 Å². The van der Waals surface area contributed by atoms with Crippen LogP contribution in [-0.4, -0.2) is 29.5 Å². The quantitative estimate of drug-likeness (QED) is 0.699. The Morgan fingerprint density at radius 1 is 1.18 bits per heavy atom. The maximum atomic E-state index is 13.3. The maximum Gasteiger partial charge on any atom is 0.433 e. The van der Waals surface area contributed by atoms with Crippen molar-refractivity contribution in [2.24, 2.45) is 5.92 Å². The lowest BCUT2D eigenvalue weighted by atomic mass is 9.73. The number of carbonyl (C=O) groups excluding carboxylic acids is 1. The van der Waals surface area contributed by atoms with E-state index in [0.717, 1.165) is 23.6 Å². The number of sulfonamides is 1. The van der Waals surface area contributed by atoms with Gasteiger partial charge in [-0.05, 0) is 36.6 Å². The predicted octanol–water partition coefficient (Wildman–Crippen LogP) is 4.30. The Bertz CT molecular complexity index is 1020. The molecule has 0 unspecified atom stereocenters. The summed E-state index contributed by atoms with van der Waals surface area (Å²) < 4.78 is 66.7. The van der Waals surface area contributed by atoms with Gasteiger partial charge in [0.25, 0.3) is 10.0 Å². The fraction of sp³-hybridized carbons (Fsp3) is 0.412. The summed E-state index contributed by atoms with van der Waals surface area (Å²) in [5.74, 6) is -0.675. The van der Waals surface area contributed by atoms with Crippen molar-refractivity contribution >= 4 is 38.7 Å². The van der Waals surface area contributed by atoms with E-state index < -0.39 is 39.9 Å². The Balaban J connectivity index is 1.79. The number of carbonyl (C=O) groups is 1. The van der Waals surface area contributed by atoms with Crippen molar-refractivity contribution in [3.63, 3.8) is 0 Å². The van der Waals surface area contributed by atoms with Crippen molar-refractivity contribution in [2.75, 3.05) is 0 Å². The number of rotatable bonds is 3. The normalized spacial score (nSPS) is 26.0. The molecule has 5 rings (SSSR count). The van der Waals surface area contributed by atoms with Gasteiger partial charge < -0.3 is 0 Å². The van der Waals surface area contributed by atoms with Crippen molar-refractivity contribution in [3.05, 3.63) is 46.1 Å². The second-order valence-electron chi connectivity index (χ2n) is 6.82. The average molecular weight is 451 g/mol. The molecule has 0 amide bonds. The molecule has 3 atom stereocenters. The van der Waals surface area contributed by atoms with Crippen LogP contribution in [0.5, 0.6) is 0 Å². The molecule has 1 aliphatic carbocycles. The van der Waals surface area contributed by atoms with E-state index in [0.29, 0.717) is 17.2 Å². The van der Waals surface area contributed by atoms with Crippen LogP contribution in [0, 0.1) is 5.92 Å². The maximum absolute atomic E-state index is 13.3. The van der Waals surface area contributed by atoms with Gasteiger partial charge in [-0.25, -0.2) is 8.42 Å². The third kappa shape index (κ3) is 3.26. The highest BCUT2D eigenvalue weighted by Crippen LogP contribution is 2.49. The first-order valence-corrected chi connectivity index (χ1v) is 11.1. The van der Waals surface area contributed by atoms with Crippen LogP contribution < -0.4 is 0 Å². The molecule has 0 N–H and O–H groups in total. The van der Waals surface area contributed by atoms with Gasteiger partial charge >= 0.3 is 6.18 Å². The Labute approximate surface area is 168 Å². The fourth-order valence-electron chi connectivity index (χ4n) is 3.99. The van der Waals surface area contributed by atoms with Crippen LogP contribution in [0.15, 0.2) is 34.7 Å². The number of thiophene rings is 1. The van der Waals surface area contributed by atoms with Gasteiger partial charge in [0.1, 0.15) is 15.7 Å². The SMILES string of the molecule is O=C1C[C@@H]2CC[C@H]1[C@@H](c1ccc(C(F)(F)F)nc1)N2S(=O)(=O)c1ccc(Cl)s1. The van der Waals surface area contributed by atoms with Gasteiger partial charge in [-0.1, -0.05) is 17.7 Å². The minimum Gasteiger partial charge on any atom is -0.299 e. The van der Waals surface area contributed by atoms with Crippen molar-refractivity contribution < 1.29 is 26.4 Å². The molecule has 0 radical (unpaired) electrons. The molecule has 11 heteroatoms. The molecule has 4 heterocycles. The first kappa shape index (κ1) is 19.8. The number of hydrogen-bond donors (Lipinski definition) is 0. The van der Waals surface area contributed by atoms with Crippen LogP contribution in [0.4, 0.5) is 13.2 Å². The van der Waals surface area contributed by atoms with E-state index >= 15 is 0 Å². The second kappa shape index (κ2) is 6.79. The lowest BCUT2D eigenvalue weighted by molar-refractivity contribution is -0.141. The number of piperidine rings is 2. The van der Waals surface area contributed by atoms with Gasteiger partial charge in [-0.3, -0.25) is 9.78 Å². The molecular weight excluding hydrogens is 437 g/mol. The molecule has 2 aromatic heterocycles. The summed E-state index contributed by atoms with van der Waals surface area (Å²) in [5, 5.41) is 0. The summed E-state index contributed by atoms with van der Waals surface area (Å²) >= 11 is 6.79. The summed E-state index contributed by atoms with van der Waals surface area (Å²) in [6.07, 6.45) is -2.45.